The molecule has 3 rings (SSSR count). The van der Waals surface area contributed by atoms with Crippen LogP contribution in [0.4, 0.5) is 0 Å². The second kappa shape index (κ2) is 6.10. The number of carbonyl (C=O) groups excluding carboxylic acids is 1. The van der Waals surface area contributed by atoms with Gasteiger partial charge in [-0.15, -0.1) is 0 Å². The maximum atomic E-state index is 12.9. The first-order valence-electron chi connectivity index (χ1n) is 7.76. The third-order valence-electron chi connectivity index (χ3n) is 4.11. The van der Waals surface area contributed by atoms with Crippen LogP contribution in [0.25, 0.3) is 11.0 Å². The van der Waals surface area contributed by atoms with Gasteiger partial charge in [0.2, 0.25) is 0 Å². The first-order chi connectivity index (χ1) is 10.6. The molecule has 1 unspecified atom stereocenters. The van der Waals surface area contributed by atoms with Gasteiger partial charge in [0.05, 0.1) is 0 Å². The van der Waals surface area contributed by atoms with Gasteiger partial charge < -0.3 is 20.0 Å². The maximum Gasteiger partial charge on any atom is 0.290 e. The number of likely N-dealkylation sites (tertiary alicyclic amines) is 1. The SMILES string of the molecule is CN(C)Cc1c(C(=O)N2CCCC(N)C2)oc2ccccc12. The predicted octanol–water partition coefficient (Wildman–Crippen LogP) is 2.06. The molecule has 1 atom stereocenters. The van der Waals surface area contributed by atoms with E-state index in [-0.39, 0.29) is 11.9 Å². The molecule has 0 spiro atoms. The van der Waals surface area contributed by atoms with Crippen molar-refractivity contribution in [1.29, 1.82) is 0 Å². The molecule has 5 nitrogen and oxygen atoms in total. The molecule has 1 aromatic carbocycles. The number of fused-ring (bicyclic) bond motifs is 1. The van der Waals surface area contributed by atoms with Crippen LogP contribution < -0.4 is 5.73 Å². The summed E-state index contributed by atoms with van der Waals surface area (Å²) >= 11 is 0. The number of amides is 1. The Labute approximate surface area is 130 Å². The topological polar surface area (TPSA) is 62.7 Å². The highest BCUT2D eigenvalue weighted by Gasteiger charge is 2.28. The summed E-state index contributed by atoms with van der Waals surface area (Å²) < 4.78 is 5.89. The second-order valence-electron chi connectivity index (χ2n) is 6.30. The van der Waals surface area contributed by atoms with Crippen molar-refractivity contribution >= 4 is 16.9 Å². The van der Waals surface area contributed by atoms with Crippen LogP contribution in [0.5, 0.6) is 0 Å². The molecule has 1 aliphatic rings. The van der Waals surface area contributed by atoms with E-state index in [1.54, 1.807) is 0 Å². The predicted molar refractivity (Wildman–Crippen MR) is 86.7 cm³/mol. The summed E-state index contributed by atoms with van der Waals surface area (Å²) in [6.07, 6.45) is 1.94. The number of nitrogens with two attached hydrogens (primary N) is 1. The zero-order chi connectivity index (χ0) is 15.7. The van der Waals surface area contributed by atoms with Gasteiger partial charge in [-0.05, 0) is 33.0 Å². The van der Waals surface area contributed by atoms with E-state index >= 15 is 0 Å². The molecule has 1 fully saturated rings. The van der Waals surface area contributed by atoms with Crippen molar-refractivity contribution in [3.05, 3.63) is 35.6 Å². The van der Waals surface area contributed by atoms with E-state index in [2.05, 4.69) is 4.90 Å². The molecular weight excluding hydrogens is 278 g/mol. The van der Waals surface area contributed by atoms with Crippen LogP contribution in [-0.4, -0.2) is 48.9 Å². The Balaban J connectivity index is 1.99. The van der Waals surface area contributed by atoms with E-state index in [4.69, 9.17) is 10.2 Å². The highest BCUT2D eigenvalue weighted by molar-refractivity contribution is 5.99. The summed E-state index contributed by atoms with van der Waals surface area (Å²) in [7, 11) is 3.99. The standard InChI is InChI=1S/C17H23N3O2/c1-19(2)11-14-13-7-3-4-8-15(13)22-16(14)17(21)20-9-5-6-12(18)10-20/h3-4,7-8,12H,5-6,9-11,18H2,1-2H3. The van der Waals surface area contributed by atoms with Crippen LogP contribution >= 0.6 is 0 Å². The Morgan fingerprint density at radius 1 is 1.41 bits per heavy atom. The molecule has 0 radical (unpaired) electrons. The number of benzene rings is 1. The minimum Gasteiger partial charge on any atom is -0.451 e. The summed E-state index contributed by atoms with van der Waals surface area (Å²) in [4.78, 5) is 16.8. The van der Waals surface area contributed by atoms with Crippen molar-refractivity contribution in [2.24, 2.45) is 5.73 Å². The quantitative estimate of drug-likeness (QED) is 0.942. The minimum atomic E-state index is -0.0387. The molecule has 1 saturated heterocycles. The van der Waals surface area contributed by atoms with Gasteiger partial charge in [0.15, 0.2) is 5.76 Å². The summed E-state index contributed by atoms with van der Waals surface area (Å²) in [6, 6.07) is 7.89. The summed E-state index contributed by atoms with van der Waals surface area (Å²) in [6.45, 7) is 2.04. The molecule has 2 heterocycles. The van der Waals surface area contributed by atoms with Gasteiger partial charge in [0.25, 0.3) is 5.91 Å². The summed E-state index contributed by atoms with van der Waals surface area (Å²) in [5, 5.41) is 1.01. The smallest absolute Gasteiger partial charge is 0.290 e. The molecule has 0 bridgehead atoms. The van der Waals surface area contributed by atoms with E-state index in [0.29, 0.717) is 18.8 Å². The van der Waals surface area contributed by atoms with Crippen molar-refractivity contribution in [2.75, 3.05) is 27.2 Å². The Morgan fingerprint density at radius 2 is 2.18 bits per heavy atom. The van der Waals surface area contributed by atoms with Crippen LogP contribution in [0.3, 0.4) is 0 Å². The van der Waals surface area contributed by atoms with Gasteiger partial charge >= 0.3 is 0 Å². The molecular formula is C17H23N3O2. The van der Waals surface area contributed by atoms with Gasteiger partial charge in [-0.2, -0.15) is 0 Å². The molecule has 22 heavy (non-hydrogen) atoms. The molecule has 0 saturated carbocycles. The number of furan rings is 1. The highest BCUT2D eigenvalue weighted by Crippen LogP contribution is 2.28. The fourth-order valence-electron chi connectivity index (χ4n) is 3.08. The first-order valence-corrected chi connectivity index (χ1v) is 7.76. The maximum absolute atomic E-state index is 12.9. The lowest BCUT2D eigenvalue weighted by Crippen LogP contribution is -2.45. The fourth-order valence-corrected chi connectivity index (χ4v) is 3.08. The highest BCUT2D eigenvalue weighted by atomic mass is 16.3. The van der Waals surface area contributed by atoms with E-state index in [1.807, 2.05) is 43.3 Å². The number of nitrogens with zero attached hydrogens (tertiary/aromatic N) is 2. The first kappa shape index (κ1) is 15.1. The second-order valence-corrected chi connectivity index (χ2v) is 6.30. The lowest BCUT2D eigenvalue weighted by Gasteiger charge is -2.30. The zero-order valence-corrected chi connectivity index (χ0v) is 13.2. The number of rotatable bonds is 3. The largest absolute Gasteiger partial charge is 0.451 e. The molecule has 0 aliphatic carbocycles. The van der Waals surface area contributed by atoms with Crippen LogP contribution in [-0.2, 0) is 6.54 Å². The third-order valence-corrected chi connectivity index (χ3v) is 4.11. The average Bonchev–Trinajstić information content (AvgIpc) is 2.85. The van der Waals surface area contributed by atoms with Crippen LogP contribution in [0.2, 0.25) is 0 Å². The monoisotopic (exact) mass is 301 g/mol. The number of hydrogen-bond acceptors (Lipinski definition) is 4. The molecule has 2 N–H and O–H groups in total. The summed E-state index contributed by atoms with van der Waals surface area (Å²) in [5.74, 6) is 0.423. The number of piperidine rings is 1. The van der Waals surface area contributed by atoms with E-state index in [0.717, 1.165) is 35.9 Å². The van der Waals surface area contributed by atoms with Crippen molar-refractivity contribution < 1.29 is 9.21 Å². The molecule has 118 valence electrons. The van der Waals surface area contributed by atoms with Crippen molar-refractivity contribution in [3.8, 4) is 0 Å². The van der Waals surface area contributed by atoms with Gasteiger partial charge in [0, 0.05) is 36.6 Å². The zero-order valence-electron chi connectivity index (χ0n) is 13.2. The Hall–Kier alpha value is -1.85. The fraction of sp³-hybridized carbons (Fsp3) is 0.471. The Bertz CT molecular complexity index is 678. The van der Waals surface area contributed by atoms with Crippen LogP contribution in [0, 0.1) is 0 Å². The lowest BCUT2D eigenvalue weighted by molar-refractivity contribution is 0.0676. The minimum absolute atomic E-state index is 0.0387. The third kappa shape index (κ3) is 2.87. The van der Waals surface area contributed by atoms with Gasteiger partial charge in [0.1, 0.15) is 5.58 Å². The lowest BCUT2D eigenvalue weighted by atomic mass is 10.1. The van der Waals surface area contributed by atoms with Gasteiger partial charge in [-0.3, -0.25) is 4.79 Å². The molecule has 2 aromatic rings. The van der Waals surface area contributed by atoms with Crippen LogP contribution in [0.1, 0.15) is 29.0 Å². The van der Waals surface area contributed by atoms with E-state index < -0.39 is 0 Å². The number of para-hydroxylation sites is 1. The van der Waals surface area contributed by atoms with E-state index in [1.165, 1.54) is 0 Å². The molecule has 5 heteroatoms. The van der Waals surface area contributed by atoms with E-state index in [9.17, 15) is 4.79 Å². The molecule has 1 amide bonds. The number of carbonyl (C=O) groups is 1. The van der Waals surface area contributed by atoms with Gasteiger partial charge in [-0.1, -0.05) is 18.2 Å². The Morgan fingerprint density at radius 3 is 2.91 bits per heavy atom. The normalized spacial score (nSPS) is 19.1. The van der Waals surface area contributed by atoms with Gasteiger partial charge in [-0.25, -0.2) is 0 Å². The Kier molecular flexibility index (Phi) is 4.18. The average molecular weight is 301 g/mol. The summed E-state index contributed by atoms with van der Waals surface area (Å²) in [5.41, 5.74) is 7.73. The molecule has 1 aliphatic heterocycles. The van der Waals surface area contributed by atoms with Crippen molar-refractivity contribution in [2.45, 2.75) is 25.4 Å². The number of hydrogen-bond donors (Lipinski definition) is 1. The van der Waals surface area contributed by atoms with Crippen molar-refractivity contribution in [1.82, 2.24) is 9.80 Å². The molecule has 1 aromatic heterocycles. The van der Waals surface area contributed by atoms with Crippen molar-refractivity contribution in [3.63, 3.8) is 0 Å². The van der Waals surface area contributed by atoms with Crippen LogP contribution in [0.15, 0.2) is 28.7 Å².